The molecule has 1 aliphatic carbocycles. The monoisotopic (exact) mass is 394 g/mol. The second-order valence-electron chi connectivity index (χ2n) is 6.56. The van der Waals surface area contributed by atoms with Gasteiger partial charge in [0, 0.05) is 10.8 Å². The normalized spacial score (nSPS) is 16.5. The molecule has 2 rings (SSSR count). The van der Waals surface area contributed by atoms with Gasteiger partial charge in [0.25, 0.3) is 6.43 Å². The van der Waals surface area contributed by atoms with Gasteiger partial charge in [-0.05, 0) is 43.9 Å². The highest BCUT2D eigenvalue weighted by molar-refractivity contribution is 7.99. The summed E-state index contributed by atoms with van der Waals surface area (Å²) in [5.41, 5.74) is 2.09. The largest absolute Gasteiger partial charge is 0.398 e. The third-order valence-corrected chi connectivity index (χ3v) is 5.53. The Morgan fingerprint density at radius 2 is 1.85 bits per heavy atom. The van der Waals surface area contributed by atoms with E-state index in [-0.39, 0.29) is 5.92 Å². The van der Waals surface area contributed by atoms with Crippen LogP contribution in [0.2, 0.25) is 0 Å². The molecular formula is C18H23F5N2S. The number of hydrogen-bond donors (Lipinski definition) is 1. The molecule has 1 fully saturated rings. The van der Waals surface area contributed by atoms with Crippen LogP contribution in [0.5, 0.6) is 0 Å². The fraction of sp³-hybridized carbons (Fsp3) is 0.611. The zero-order chi connectivity index (χ0) is 19.3. The Morgan fingerprint density at radius 3 is 2.42 bits per heavy atom. The molecule has 0 spiro atoms. The average molecular weight is 394 g/mol. The van der Waals surface area contributed by atoms with Gasteiger partial charge < -0.3 is 5.32 Å². The first-order chi connectivity index (χ1) is 12.2. The zero-order valence-corrected chi connectivity index (χ0v) is 15.6. The van der Waals surface area contributed by atoms with Crippen LogP contribution in [0.15, 0.2) is 22.0 Å². The Labute approximate surface area is 154 Å². The van der Waals surface area contributed by atoms with E-state index in [1.54, 1.807) is 19.1 Å². The summed E-state index contributed by atoms with van der Waals surface area (Å²) in [6.45, 7) is 3.10. The highest BCUT2D eigenvalue weighted by Gasteiger charge is 2.28. The molecule has 1 saturated carbocycles. The number of amidine groups is 1. The van der Waals surface area contributed by atoms with E-state index in [0.29, 0.717) is 16.4 Å². The van der Waals surface area contributed by atoms with Gasteiger partial charge in [-0.1, -0.05) is 18.9 Å². The quantitative estimate of drug-likeness (QED) is 0.276. The molecule has 0 atom stereocenters. The van der Waals surface area contributed by atoms with E-state index in [2.05, 4.69) is 10.3 Å². The van der Waals surface area contributed by atoms with Crippen molar-refractivity contribution in [1.29, 1.82) is 0 Å². The number of benzene rings is 1. The van der Waals surface area contributed by atoms with Gasteiger partial charge in [-0.3, -0.25) is 0 Å². The fourth-order valence-electron chi connectivity index (χ4n) is 3.04. The molecule has 0 saturated heterocycles. The van der Waals surface area contributed by atoms with Crippen LogP contribution >= 0.6 is 11.8 Å². The number of aliphatic imine (C=N–C) groups is 1. The van der Waals surface area contributed by atoms with Crippen molar-refractivity contribution >= 4 is 23.3 Å². The summed E-state index contributed by atoms with van der Waals surface area (Å²) in [6, 6.07) is 3.41. The molecule has 8 heteroatoms. The Hall–Kier alpha value is -1.31. The van der Waals surface area contributed by atoms with Gasteiger partial charge >= 0.3 is 6.18 Å². The first kappa shape index (κ1) is 21.0. The SMILES string of the molecule is Cc1cc(C)c(SCC(F)(F)F)cc1/N=C(\NCC(F)F)C1CCCC1. The van der Waals surface area contributed by atoms with Crippen molar-refractivity contribution in [1.82, 2.24) is 5.32 Å². The number of aryl methyl sites for hydroxylation is 2. The minimum absolute atomic E-state index is 0.0979. The summed E-state index contributed by atoms with van der Waals surface area (Å²) in [6.07, 6.45) is -2.91. The number of alkyl halides is 5. The van der Waals surface area contributed by atoms with Crippen molar-refractivity contribution in [3.63, 3.8) is 0 Å². The summed E-state index contributed by atoms with van der Waals surface area (Å²) < 4.78 is 62.7. The maximum absolute atomic E-state index is 12.6. The second-order valence-corrected chi connectivity index (χ2v) is 7.58. The third kappa shape index (κ3) is 6.45. The topological polar surface area (TPSA) is 24.4 Å². The molecule has 2 nitrogen and oxygen atoms in total. The lowest BCUT2D eigenvalue weighted by atomic mass is 10.1. The number of rotatable bonds is 6. The molecule has 26 heavy (non-hydrogen) atoms. The van der Waals surface area contributed by atoms with Crippen LogP contribution in [0.4, 0.5) is 27.6 Å². The van der Waals surface area contributed by atoms with Crippen LogP contribution in [0.3, 0.4) is 0 Å². The third-order valence-electron chi connectivity index (χ3n) is 4.31. The minimum Gasteiger partial charge on any atom is -0.368 e. The minimum atomic E-state index is -4.25. The molecule has 0 bridgehead atoms. The summed E-state index contributed by atoms with van der Waals surface area (Å²) in [5, 5.41) is 2.74. The molecular weight excluding hydrogens is 371 g/mol. The summed E-state index contributed by atoms with van der Waals surface area (Å²) >= 11 is 0.720. The van der Waals surface area contributed by atoms with E-state index >= 15 is 0 Å². The highest BCUT2D eigenvalue weighted by atomic mass is 32.2. The van der Waals surface area contributed by atoms with Crippen molar-refractivity contribution < 1.29 is 22.0 Å². The van der Waals surface area contributed by atoms with Crippen molar-refractivity contribution in [3.8, 4) is 0 Å². The van der Waals surface area contributed by atoms with E-state index in [9.17, 15) is 22.0 Å². The van der Waals surface area contributed by atoms with Gasteiger partial charge in [-0.15, -0.1) is 11.8 Å². The molecule has 0 unspecified atom stereocenters. The lowest BCUT2D eigenvalue weighted by Crippen LogP contribution is -2.33. The van der Waals surface area contributed by atoms with Gasteiger partial charge in [0.1, 0.15) is 5.84 Å². The first-order valence-electron chi connectivity index (χ1n) is 8.57. The lowest BCUT2D eigenvalue weighted by Gasteiger charge is -2.17. The molecule has 0 heterocycles. The maximum atomic E-state index is 12.6. The standard InChI is InChI=1S/C18H23F5N2S/c1-11-7-12(2)15(26-10-18(21,22)23)8-14(11)25-17(24-9-16(19)20)13-5-3-4-6-13/h7-8,13,16H,3-6,9-10H2,1-2H3,(H,24,25). The number of halogens is 5. The number of thioether (sulfide) groups is 1. The van der Waals surface area contributed by atoms with Crippen LogP contribution in [-0.4, -0.2) is 30.7 Å². The predicted molar refractivity (Wildman–Crippen MR) is 95.8 cm³/mol. The summed E-state index contributed by atoms with van der Waals surface area (Å²) in [5.74, 6) is -0.360. The van der Waals surface area contributed by atoms with E-state index in [4.69, 9.17) is 0 Å². The van der Waals surface area contributed by atoms with Gasteiger partial charge in [0.05, 0.1) is 18.0 Å². The Morgan fingerprint density at radius 1 is 1.19 bits per heavy atom. The number of nitrogens with one attached hydrogen (secondary N) is 1. The van der Waals surface area contributed by atoms with Crippen molar-refractivity contribution in [2.75, 3.05) is 12.3 Å². The van der Waals surface area contributed by atoms with E-state index in [0.717, 1.165) is 48.6 Å². The smallest absolute Gasteiger partial charge is 0.368 e. The molecule has 1 aromatic carbocycles. The van der Waals surface area contributed by atoms with Crippen molar-refractivity contribution in [2.24, 2.45) is 10.9 Å². The summed E-state index contributed by atoms with van der Waals surface area (Å²) in [7, 11) is 0. The van der Waals surface area contributed by atoms with Crippen LogP contribution in [-0.2, 0) is 0 Å². The molecule has 1 N–H and O–H groups in total. The van der Waals surface area contributed by atoms with Crippen LogP contribution < -0.4 is 5.32 Å². The van der Waals surface area contributed by atoms with Crippen molar-refractivity contribution in [2.45, 2.75) is 57.0 Å². The molecule has 0 amide bonds. The molecule has 1 aromatic rings. The Bertz CT molecular complexity index is 637. The number of hydrogen-bond acceptors (Lipinski definition) is 2. The van der Waals surface area contributed by atoms with Crippen LogP contribution in [0, 0.1) is 19.8 Å². The van der Waals surface area contributed by atoms with E-state index in [1.165, 1.54) is 0 Å². The van der Waals surface area contributed by atoms with E-state index in [1.807, 2.05) is 6.92 Å². The van der Waals surface area contributed by atoms with Gasteiger partial charge in [-0.2, -0.15) is 13.2 Å². The molecule has 1 aliphatic rings. The van der Waals surface area contributed by atoms with Gasteiger partial charge in [0.2, 0.25) is 0 Å². The predicted octanol–water partition coefficient (Wildman–Crippen LogP) is 6.03. The van der Waals surface area contributed by atoms with E-state index < -0.39 is 24.9 Å². The Kier molecular flexibility index (Phi) is 7.32. The summed E-state index contributed by atoms with van der Waals surface area (Å²) in [4.78, 5) is 5.04. The molecule has 146 valence electrons. The fourth-order valence-corrected chi connectivity index (χ4v) is 3.84. The van der Waals surface area contributed by atoms with Crippen molar-refractivity contribution in [3.05, 3.63) is 23.3 Å². The number of nitrogens with zero attached hydrogens (tertiary/aromatic N) is 1. The first-order valence-corrected chi connectivity index (χ1v) is 9.55. The average Bonchev–Trinajstić information content (AvgIpc) is 3.05. The van der Waals surface area contributed by atoms with Crippen LogP contribution in [0.25, 0.3) is 0 Å². The zero-order valence-electron chi connectivity index (χ0n) is 14.8. The van der Waals surface area contributed by atoms with Gasteiger partial charge in [0.15, 0.2) is 0 Å². The van der Waals surface area contributed by atoms with Crippen LogP contribution in [0.1, 0.15) is 36.8 Å². The molecule has 0 aromatic heterocycles. The highest BCUT2D eigenvalue weighted by Crippen LogP contribution is 2.34. The second kappa shape index (κ2) is 9.06. The Balaban J connectivity index is 2.28. The molecule has 0 aliphatic heterocycles. The maximum Gasteiger partial charge on any atom is 0.398 e. The van der Waals surface area contributed by atoms with Gasteiger partial charge in [-0.25, -0.2) is 13.8 Å². The molecule has 0 radical (unpaired) electrons. The lowest BCUT2D eigenvalue weighted by molar-refractivity contribution is -0.105.